The highest BCUT2D eigenvalue weighted by atomic mass is 19.2. The Bertz CT molecular complexity index is 1220. The van der Waals surface area contributed by atoms with Crippen LogP contribution in [0.5, 0.6) is 5.75 Å². The molecule has 0 spiro atoms. The SMILES string of the molecule is CCC(C)[C@H](C(=O)O)c1c(C)n(C(=O)c2ccc(F)c(F)c2)c2cc(F)c(O)c(F)c12. The molecule has 1 unspecified atom stereocenters. The van der Waals surface area contributed by atoms with Gasteiger partial charge in [-0.05, 0) is 36.6 Å². The summed E-state index contributed by atoms with van der Waals surface area (Å²) in [6.45, 7) is 4.70. The van der Waals surface area contributed by atoms with Gasteiger partial charge in [0.15, 0.2) is 29.0 Å². The molecule has 3 aromatic rings. The number of fused-ring (bicyclic) bond motifs is 1. The largest absolute Gasteiger partial charge is 0.503 e. The first-order valence-electron chi connectivity index (χ1n) is 9.45. The molecule has 0 radical (unpaired) electrons. The zero-order valence-corrected chi connectivity index (χ0v) is 16.8. The van der Waals surface area contributed by atoms with Crippen molar-refractivity contribution in [3.05, 3.63) is 64.4 Å². The van der Waals surface area contributed by atoms with Crippen LogP contribution in [-0.4, -0.2) is 26.7 Å². The smallest absolute Gasteiger partial charge is 0.311 e. The van der Waals surface area contributed by atoms with Gasteiger partial charge in [-0.25, -0.2) is 17.6 Å². The number of carbonyl (C=O) groups excluding carboxylic acids is 1. The molecule has 0 bridgehead atoms. The number of phenols is 1. The maximum atomic E-state index is 15.0. The van der Waals surface area contributed by atoms with Gasteiger partial charge in [0, 0.05) is 22.7 Å². The first kappa shape index (κ1) is 22.3. The van der Waals surface area contributed by atoms with E-state index < -0.39 is 58.1 Å². The number of phenolic OH excluding ortho intramolecular Hbond substituents is 1. The average molecular weight is 437 g/mol. The molecule has 0 saturated heterocycles. The first-order valence-corrected chi connectivity index (χ1v) is 9.45. The third-order valence-corrected chi connectivity index (χ3v) is 5.57. The van der Waals surface area contributed by atoms with E-state index in [0.717, 1.165) is 16.7 Å². The van der Waals surface area contributed by atoms with Crippen LogP contribution in [0.3, 0.4) is 0 Å². The fraction of sp³-hybridized carbons (Fsp3) is 0.273. The Labute approximate surface area is 174 Å². The van der Waals surface area contributed by atoms with Gasteiger partial charge < -0.3 is 10.2 Å². The molecule has 2 aromatic carbocycles. The van der Waals surface area contributed by atoms with Gasteiger partial charge in [0.25, 0.3) is 5.91 Å². The molecule has 9 heteroatoms. The minimum atomic E-state index is -1.40. The monoisotopic (exact) mass is 437 g/mol. The maximum absolute atomic E-state index is 15.0. The molecule has 2 atom stereocenters. The average Bonchev–Trinajstić information content (AvgIpc) is 2.99. The van der Waals surface area contributed by atoms with Crippen molar-refractivity contribution in [1.29, 1.82) is 0 Å². The van der Waals surface area contributed by atoms with Crippen molar-refractivity contribution in [2.24, 2.45) is 5.92 Å². The predicted octanol–water partition coefficient (Wildman–Crippen LogP) is 5.11. The van der Waals surface area contributed by atoms with Crippen molar-refractivity contribution in [3.8, 4) is 5.75 Å². The molecule has 0 aliphatic heterocycles. The van der Waals surface area contributed by atoms with Crippen LogP contribution in [-0.2, 0) is 4.79 Å². The highest BCUT2D eigenvalue weighted by Gasteiger charge is 2.35. The van der Waals surface area contributed by atoms with E-state index in [-0.39, 0.29) is 22.3 Å². The standard InChI is InChI=1S/C22H19F4NO4/c1-4-9(2)16(22(30)31)17-10(3)27(15-8-14(25)20(28)19(26)18(15)17)21(29)11-5-6-12(23)13(24)7-11/h5-9,16,28H,4H2,1-3H3,(H,30,31)/t9?,16-/m0/s1. The second kappa shape index (κ2) is 8.05. The van der Waals surface area contributed by atoms with Crippen LogP contribution < -0.4 is 0 Å². The Kier molecular flexibility index (Phi) is 5.80. The van der Waals surface area contributed by atoms with Crippen molar-refractivity contribution in [3.63, 3.8) is 0 Å². The van der Waals surface area contributed by atoms with Crippen LogP contribution in [0.25, 0.3) is 10.9 Å². The fourth-order valence-electron chi connectivity index (χ4n) is 3.80. The summed E-state index contributed by atoms with van der Waals surface area (Å²) in [5, 5.41) is 19.2. The van der Waals surface area contributed by atoms with Crippen LogP contribution in [0.2, 0.25) is 0 Å². The Balaban J connectivity index is 2.42. The summed E-state index contributed by atoms with van der Waals surface area (Å²) in [6.07, 6.45) is 0.398. The lowest BCUT2D eigenvalue weighted by Crippen LogP contribution is -2.21. The number of carboxylic acid groups (broad SMARTS) is 1. The van der Waals surface area contributed by atoms with E-state index in [1.54, 1.807) is 13.8 Å². The number of aromatic hydroxyl groups is 1. The molecule has 5 nitrogen and oxygen atoms in total. The minimum absolute atomic E-state index is 0.0127. The lowest BCUT2D eigenvalue weighted by molar-refractivity contribution is -0.140. The summed E-state index contributed by atoms with van der Waals surface area (Å²) >= 11 is 0. The molecule has 164 valence electrons. The van der Waals surface area contributed by atoms with E-state index in [2.05, 4.69) is 0 Å². The van der Waals surface area contributed by atoms with Gasteiger partial charge >= 0.3 is 5.97 Å². The third kappa shape index (κ3) is 3.54. The third-order valence-electron chi connectivity index (χ3n) is 5.57. The molecular weight excluding hydrogens is 418 g/mol. The molecule has 31 heavy (non-hydrogen) atoms. The second-order valence-electron chi connectivity index (χ2n) is 7.39. The normalized spacial score (nSPS) is 13.4. The van der Waals surface area contributed by atoms with E-state index >= 15 is 0 Å². The number of aliphatic carboxylic acids is 1. The van der Waals surface area contributed by atoms with Crippen LogP contribution in [0, 0.1) is 36.1 Å². The number of carboxylic acids is 1. The van der Waals surface area contributed by atoms with E-state index in [4.69, 9.17) is 0 Å². The quantitative estimate of drug-likeness (QED) is 0.544. The predicted molar refractivity (Wildman–Crippen MR) is 104 cm³/mol. The Morgan fingerprint density at radius 2 is 1.71 bits per heavy atom. The van der Waals surface area contributed by atoms with Crippen molar-refractivity contribution >= 4 is 22.8 Å². The number of rotatable bonds is 5. The Hall–Kier alpha value is -3.36. The minimum Gasteiger partial charge on any atom is -0.503 e. The van der Waals surface area contributed by atoms with E-state index in [1.807, 2.05) is 0 Å². The molecule has 0 aliphatic rings. The molecule has 0 aliphatic carbocycles. The van der Waals surface area contributed by atoms with Crippen molar-refractivity contribution in [1.82, 2.24) is 4.57 Å². The number of benzene rings is 2. The second-order valence-corrected chi connectivity index (χ2v) is 7.39. The van der Waals surface area contributed by atoms with Crippen molar-refractivity contribution in [2.75, 3.05) is 0 Å². The van der Waals surface area contributed by atoms with E-state index in [9.17, 15) is 37.4 Å². The van der Waals surface area contributed by atoms with Gasteiger partial charge in [0.05, 0.1) is 11.4 Å². The first-order chi connectivity index (χ1) is 14.5. The fourth-order valence-corrected chi connectivity index (χ4v) is 3.80. The molecule has 1 aromatic heterocycles. The Morgan fingerprint density at radius 1 is 1.06 bits per heavy atom. The molecule has 0 saturated carbocycles. The summed E-state index contributed by atoms with van der Waals surface area (Å²) < 4.78 is 56.9. The zero-order valence-electron chi connectivity index (χ0n) is 16.8. The summed E-state index contributed by atoms with van der Waals surface area (Å²) in [4.78, 5) is 25.2. The van der Waals surface area contributed by atoms with E-state index in [1.165, 1.54) is 6.92 Å². The summed E-state index contributed by atoms with van der Waals surface area (Å²) in [5.74, 6) is -10.5. The number of hydrogen-bond donors (Lipinski definition) is 2. The van der Waals surface area contributed by atoms with Crippen LogP contribution in [0.15, 0.2) is 24.3 Å². The van der Waals surface area contributed by atoms with E-state index in [0.29, 0.717) is 18.6 Å². The maximum Gasteiger partial charge on any atom is 0.311 e. The summed E-state index contributed by atoms with van der Waals surface area (Å²) in [6, 6.07) is 3.08. The van der Waals surface area contributed by atoms with Crippen molar-refractivity contribution < 1.29 is 37.4 Å². The molecule has 0 fully saturated rings. The summed E-state index contributed by atoms with van der Waals surface area (Å²) in [7, 11) is 0. The van der Waals surface area contributed by atoms with Gasteiger partial charge in [0.2, 0.25) is 0 Å². The zero-order chi connectivity index (χ0) is 23.2. The van der Waals surface area contributed by atoms with Crippen molar-refractivity contribution in [2.45, 2.75) is 33.1 Å². The molecule has 3 rings (SSSR count). The molecule has 0 amide bonds. The van der Waals surface area contributed by atoms with Gasteiger partial charge in [-0.15, -0.1) is 0 Å². The number of hydrogen-bond acceptors (Lipinski definition) is 3. The summed E-state index contributed by atoms with van der Waals surface area (Å²) in [5.41, 5.74) is -0.749. The number of carbonyl (C=O) groups is 2. The number of nitrogens with zero attached hydrogens (tertiary/aromatic N) is 1. The van der Waals surface area contributed by atoms with Gasteiger partial charge in [-0.1, -0.05) is 20.3 Å². The molecule has 2 N–H and O–H groups in total. The molecule has 1 heterocycles. The van der Waals surface area contributed by atoms with Crippen LogP contribution >= 0.6 is 0 Å². The lowest BCUT2D eigenvalue weighted by atomic mass is 9.84. The van der Waals surface area contributed by atoms with Crippen LogP contribution in [0.4, 0.5) is 17.6 Å². The molecular formula is C22H19F4NO4. The van der Waals surface area contributed by atoms with Gasteiger partial charge in [-0.2, -0.15) is 0 Å². The highest BCUT2D eigenvalue weighted by molar-refractivity contribution is 6.05. The number of aromatic nitrogens is 1. The lowest BCUT2D eigenvalue weighted by Gasteiger charge is -2.20. The Morgan fingerprint density at radius 3 is 2.26 bits per heavy atom. The topological polar surface area (TPSA) is 79.5 Å². The number of halogens is 4. The van der Waals surface area contributed by atoms with Crippen LogP contribution in [0.1, 0.15) is 47.8 Å². The highest BCUT2D eigenvalue weighted by Crippen LogP contribution is 2.41. The van der Waals surface area contributed by atoms with Gasteiger partial charge in [0.1, 0.15) is 0 Å². The van der Waals surface area contributed by atoms with Gasteiger partial charge in [-0.3, -0.25) is 14.2 Å².